The van der Waals surface area contributed by atoms with Crippen molar-refractivity contribution < 1.29 is 13.2 Å². The van der Waals surface area contributed by atoms with Gasteiger partial charge in [-0.25, -0.2) is 8.42 Å². The van der Waals surface area contributed by atoms with Crippen LogP contribution in [0.15, 0.2) is 29.2 Å². The smallest absolute Gasteiger partial charge is 0.180 e. The standard InChI is InChI=1S/C16H25NO3S/c1-3-9-17-15(14-8-10-20-11-14)12-21(18,19)16-7-5-4-6-13(16)2/h4-7,14-15,17H,3,8-12H2,1-2H3. The first-order valence-electron chi connectivity index (χ1n) is 7.64. The molecule has 1 N–H and O–H groups in total. The molecule has 118 valence electrons. The van der Waals surface area contributed by atoms with Gasteiger partial charge in [0.25, 0.3) is 0 Å². The van der Waals surface area contributed by atoms with E-state index in [-0.39, 0.29) is 17.7 Å². The van der Waals surface area contributed by atoms with Crippen LogP contribution in [0.2, 0.25) is 0 Å². The summed E-state index contributed by atoms with van der Waals surface area (Å²) in [5.74, 6) is 0.432. The van der Waals surface area contributed by atoms with Gasteiger partial charge in [-0.3, -0.25) is 0 Å². The average molecular weight is 311 g/mol. The van der Waals surface area contributed by atoms with E-state index in [4.69, 9.17) is 4.74 Å². The molecule has 1 heterocycles. The van der Waals surface area contributed by atoms with E-state index < -0.39 is 9.84 Å². The maximum absolute atomic E-state index is 12.7. The third kappa shape index (κ3) is 4.28. The third-order valence-electron chi connectivity index (χ3n) is 4.02. The van der Waals surface area contributed by atoms with Crippen LogP contribution in [0.5, 0.6) is 0 Å². The van der Waals surface area contributed by atoms with E-state index in [1.54, 1.807) is 12.1 Å². The van der Waals surface area contributed by atoms with Gasteiger partial charge in [-0.1, -0.05) is 25.1 Å². The van der Waals surface area contributed by atoms with Crippen molar-refractivity contribution in [2.75, 3.05) is 25.5 Å². The van der Waals surface area contributed by atoms with Gasteiger partial charge in [-0.05, 0) is 37.9 Å². The van der Waals surface area contributed by atoms with Crippen LogP contribution in [-0.4, -0.2) is 40.0 Å². The molecule has 0 saturated carbocycles. The van der Waals surface area contributed by atoms with Crippen LogP contribution in [0.1, 0.15) is 25.3 Å². The first-order chi connectivity index (χ1) is 10.0. The number of ether oxygens (including phenoxy) is 1. The number of aryl methyl sites for hydroxylation is 1. The quantitative estimate of drug-likeness (QED) is 0.838. The lowest BCUT2D eigenvalue weighted by molar-refractivity contribution is 0.178. The summed E-state index contributed by atoms with van der Waals surface area (Å²) in [5, 5.41) is 3.40. The lowest BCUT2D eigenvalue weighted by atomic mass is 10.0. The summed E-state index contributed by atoms with van der Waals surface area (Å²) in [7, 11) is -3.28. The predicted octanol–water partition coefficient (Wildman–Crippen LogP) is 2.17. The molecule has 1 aromatic carbocycles. The topological polar surface area (TPSA) is 55.4 Å². The van der Waals surface area contributed by atoms with Gasteiger partial charge in [-0.2, -0.15) is 0 Å². The van der Waals surface area contributed by atoms with Crippen LogP contribution < -0.4 is 5.32 Å². The summed E-state index contributed by atoms with van der Waals surface area (Å²) in [6.07, 6.45) is 1.93. The molecule has 0 aromatic heterocycles. The average Bonchev–Trinajstić information content (AvgIpc) is 2.97. The predicted molar refractivity (Wildman–Crippen MR) is 84.2 cm³/mol. The zero-order chi connectivity index (χ0) is 15.3. The molecule has 1 aliphatic rings. The Morgan fingerprint density at radius 1 is 1.38 bits per heavy atom. The second kappa shape index (κ2) is 7.38. The molecule has 0 bridgehead atoms. The molecule has 21 heavy (non-hydrogen) atoms. The molecule has 0 radical (unpaired) electrons. The number of sulfone groups is 1. The van der Waals surface area contributed by atoms with Crippen LogP contribution in [0.3, 0.4) is 0 Å². The minimum atomic E-state index is -3.28. The first kappa shape index (κ1) is 16.5. The van der Waals surface area contributed by atoms with E-state index in [0.29, 0.717) is 11.5 Å². The number of hydrogen-bond acceptors (Lipinski definition) is 4. The minimum absolute atomic E-state index is 0.0305. The molecule has 0 spiro atoms. The number of nitrogens with one attached hydrogen (secondary N) is 1. The summed E-state index contributed by atoms with van der Waals surface area (Å²) < 4.78 is 30.8. The fraction of sp³-hybridized carbons (Fsp3) is 0.625. The van der Waals surface area contributed by atoms with Crippen LogP contribution >= 0.6 is 0 Å². The highest BCUT2D eigenvalue weighted by atomic mass is 32.2. The molecule has 5 heteroatoms. The molecule has 0 amide bonds. The number of hydrogen-bond donors (Lipinski definition) is 1. The Hall–Kier alpha value is -0.910. The van der Waals surface area contributed by atoms with Crippen molar-refractivity contribution in [3.05, 3.63) is 29.8 Å². The molecule has 2 rings (SSSR count). The fourth-order valence-corrected chi connectivity index (χ4v) is 4.68. The Labute approximate surface area is 127 Å². The zero-order valence-electron chi connectivity index (χ0n) is 12.8. The second-order valence-corrected chi connectivity index (χ2v) is 7.73. The fourth-order valence-electron chi connectivity index (χ4n) is 2.79. The van der Waals surface area contributed by atoms with E-state index in [0.717, 1.165) is 31.6 Å². The van der Waals surface area contributed by atoms with E-state index in [1.807, 2.05) is 19.1 Å². The number of benzene rings is 1. The van der Waals surface area contributed by atoms with Crippen molar-refractivity contribution in [2.24, 2.45) is 5.92 Å². The molecule has 0 aliphatic carbocycles. The van der Waals surface area contributed by atoms with Crippen molar-refractivity contribution >= 4 is 9.84 Å². The maximum Gasteiger partial charge on any atom is 0.180 e. The van der Waals surface area contributed by atoms with Crippen LogP contribution in [0.4, 0.5) is 0 Å². The van der Waals surface area contributed by atoms with Gasteiger partial charge < -0.3 is 10.1 Å². The minimum Gasteiger partial charge on any atom is -0.381 e. The molecule has 4 nitrogen and oxygen atoms in total. The Bertz CT molecular complexity index is 550. The highest BCUT2D eigenvalue weighted by Crippen LogP contribution is 2.22. The van der Waals surface area contributed by atoms with E-state index >= 15 is 0 Å². The van der Waals surface area contributed by atoms with E-state index in [9.17, 15) is 8.42 Å². The highest BCUT2D eigenvalue weighted by Gasteiger charge is 2.30. The van der Waals surface area contributed by atoms with Gasteiger partial charge in [-0.15, -0.1) is 0 Å². The van der Waals surface area contributed by atoms with Crippen molar-refractivity contribution in [3.63, 3.8) is 0 Å². The van der Waals surface area contributed by atoms with Crippen LogP contribution in [-0.2, 0) is 14.6 Å². The van der Waals surface area contributed by atoms with E-state index in [1.165, 1.54) is 0 Å². The lowest BCUT2D eigenvalue weighted by Crippen LogP contribution is -2.42. The van der Waals surface area contributed by atoms with Crippen LogP contribution in [0, 0.1) is 12.8 Å². The highest BCUT2D eigenvalue weighted by molar-refractivity contribution is 7.91. The summed E-state index contributed by atoms with van der Waals surface area (Å²) in [5.41, 5.74) is 0.814. The van der Waals surface area contributed by atoms with Crippen molar-refractivity contribution in [2.45, 2.75) is 37.6 Å². The molecule has 1 aromatic rings. The van der Waals surface area contributed by atoms with Gasteiger partial charge in [0.15, 0.2) is 9.84 Å². The normalized spacial score (nSPS) is 20.6. The molecule has 2 atom stereocenters. The molecular weight excluding hydrogens is 286 g/mol. The summed E-state index contributed by atoms with van der Waals surface area (Å²) in [6.45, 7) is 6.17. The number of rotatable bonds is 7. The monoisotopic (exact) mass is 311 g/mol. The Morgan fingerprint density at radius 2 is 2.14 bits per heavy atom. The zero-order valence-corrected chi connectivity index (χ0v) is 13.7. The van der Waals surface area contributed by atoms with Crippen molar-refractivity contribution in [1.29, 1.82) is 0 Å². The summed E-state index contributed by atoms with van der Waals surface area (Å²) in [4.78, 5) is 0.451. The van der Waals surface area contributed by atoms with Gasteiger partial charge in [0, 0.05) is 18.6 Å². The SMILES string of the molecule is CCCNC(CS(=O)(=O)c1ccccc1C)C1CCOC1. The second-order valence-electron chi connectivity index (χ2n) is 5.73. The van der Waals surface area contributed by atoms with Gasteiger partial charge in [0.2, 0.25) is 0 Å². The van der Waals surface area contributed by atoms with Crippen LogP contribution in [0.25, 0.3) is 0 Å². The third-order valence-corrected chi connectivity index (χ3v) is 5.94. The van der Waals surface area contributed by atoms with E-state index in [2.05, 4.69) is 12.2 Å². The van der Waals surface area contributed by atoms with Crippen molar-refractivity contribution in [1.82, 2.24) is 5.32 Å². The Morgan fingerprint density at radius 3 is 2.76 bits per heavy atom. The summed E-state index contributed by atoms with van der Waals surface area (Å²) in [6, 6.07) is 7.17. The molecule has 1 fully saturated rings. The van der Waals surface area contributed by atoms with Gasteiger partial charge in [0.05, 0.1) is 17.3 Å². The van der Waals surface area contributed by atoms with Gasteiger partial charge >= 0.3 is 0 Å². The first-order valence-corrected chi connectivity index (χ1v) is 9.29. The Balaban J connectivity index is 2.16. The molecule has 2 unspecified atom stereocenters. The summed E-state index contributed by atoms with van der Waals surface area (Å²) >= 11 is 0. The molecular formula is C16H25NO3S. The van der Waals surface area contributed by atoms with Gasteiger partial charge in [0.1, 0.15) is 0 Å². The molecule has 1 saturated heterocycles. The Kier molecular flexibility index (Phi) is 5.79. The van der Waals surface area contributed by atoms with Crippen molar-refractivity contribution in [3.8, 4) is 0 Å². The largest absolute Gasteiger partial charge is 0.381 e. The maximum atomic E-state index is 12.7. The molecule has 1 aliphatic heterocycles. The lowest BCUT2D eigenvalue weighted by Gasteiger charge is -2.24.